The van der Waals surface area contributed by atoms with E-state index in [1.807, 2.05) is 0 Å². The number of aryl methyl sites for hydroxylation is 1. The quantitative estimate of drug-likeness (QED) is 0.729. The van der Waals surface area contributed by atoms with Gasteiger partial charge in [-0.3, -0.25) is 0 Å². The van der Waals surface area contributed by atoms with Gasteiger partial charge in [-0.1, -0.05) is 30.3 Å². The predicted octanol–water partition coefficient (Wildman–Crippen LogP) is 3.34. The maximum Gasteiger partial charge on any atom is 0.120 e. The molecule has 0 radical (unpaired) electrons. The van der Waals surface area contributed by atoms with Crippen LogP contribution in [0.3, 0.4) is 0 Å². The molecule has 0 aliphatic carbocycles. The zero-order valence-electron chi connectivity index (χ0n) is 14.5. The number of nitrogens with two attached hydrogens (primary N) is 1. The molecular weight excluding hydrogens is 310 g/mol. The van der Waals surface area contributed by atoms with Gasteiger partial charge in [0.2, 0.25) is 0 Å². The average molecular weight is 333 g/mol. The molecule has 1 aromatic heterocycles. The molecule has 2 heterocycles. The molecule has 0 saturated carbocycles. The lowest BCUT2D eigenvalue weighted by molar-refractivity contribution is -0.108. The molecule has 4 heteroatoms. The molecule has 1 aliphatic rings. The summed E-state index contributed by atoms with van der Waals surface area (Å²) in [7, 11) is 2.11. The van der Waals surface area contributed by atoms with Gasteiger partial charge in [0.1, 0.15) is 6.29 Å². The molecule has 0 spiro atoms. The number of hydrogen-bond acceptors (Lipinski definition) is 3. The van der Waals surface area contributed by atoms with E-state index in [1.165, 1.54) is 27.8 Å². The topological polar surface area (TPSA) is 51.3 Å². The number of nitrogens with zero attached hydrogens (tertiary/aromatic N) is 2. The summed E-state index contributed by atoms with van der Waals surface area (Å²) < 4.78 is 2.23. The monoisotopic (exact) mass is 333 g/mol. The van der Waals surface area contributed by atoms with Crippen LogP contribution in [0.5, 0.6) is 0 Å². The number of aromatic nitrogens is 1. The number of fused-ring (bicyclic) bond motifs is 1. The van der Waals surface area contributed by atoms with Crippen LogP contribution in [0.15, 0.2) is 54.6 Å². The van der Waals surface area contributed by atoms with Gasteiger partial charge in [0.05, 0.1) is 5.54 Å². The van der Waals surface area contributed by atoms with Crippen LogP contribution in [0.1, 0.15) is 12.8 Å². The number of aldehydes is 1. The summed E-state index contributed by atoms with van der Waals surface area (Å²) in [6.07, 6.45) is 2.27. The molecule has 0 unspecified atom stereocenters. The standard InChI is InChI=1S/C21H23N3O/c1-23-19-6-3-2-5-17(19)13-20(23)16-7-9-18(10-8-16)24-14-21(22,15-24)11-4-12-25/h2-3,5-10,12-13H,4,11,14-15,22H2,1H3. The summed E-state index contributed by atoms with van der Waals surface area (Å²) in [6, 6.07) is 19.3. The average Bonchev–Trinajstić information content (AvgIpc) is 2.95. The lowest BCUT2D eigenvalue weighted by atomic mass is 9.86. The molecule has 1 aliphatic heterocycles. The summed E-state index contributed by atoms with van der Waals surface area (Å²) in [4.78, 5) is 12.8. The van der Waals surface area contributed by atoms with Crippen molar-refractivity contribution >= 4 is 22.9 Å². The fourth-order valence-corrected chi connectivity index (χ4v) is 3.81. The summed E-state index contributed by atoms with van der Waals surface area (Å²) in [6.45, 7) is 1.63. The van der Waals surface area contributed by atoms with Crippen LogP contribution in [0.4, 0.5) is 5.69 Å². The predicted molar refractivity (Wildman–Crippen MR) is 103 cm³/mol. The molecule has 0 atom stereocenters. The SMILES string of the molecule is Cn1c(-c2ccc(N3CC(N)(CCC=O)C3)cc2)cc2ccccc21. The van der Waals surface area contributed by atoms with Gasteiger partial charge in [-0.2, -0.15) is 0 Å². The Kier molecular flexibility index (Phi) is 3.85. The molecular formula is C21H23N3O. The van der Waals surface area contributed by atoms with E-state index >= 15 is 0 Å². The minimum atomic E-state index is -0.213. The molecule has 2 aromatic carbocycles. The maximum atomic E-state index is 10.5. The van der Waals surface area contributed by atoms with E-state index in [2.05, 4.69) is 71.1 Å². The Morgan fingerprint density at radius 2 is 1.84 bits per heavy atom. The van der Waals surface area contributed by atoms with E-state index in [4.69, 9.17) is 5.73 Å². The maximum absolute atomic E-state index is 10.5. The molecule has 4 nitrogen and oxygen atoms in total. The molecule has 3 aromatic rings. The number of carbonyl (C=O) groups is 1. The lowest BCUT2D eigenvalue weighted by Gasteiger charge is -2.49. The minimum Gasteiger partial charge on any atom is -0.368 e. The Morgan fingerprint density at radius 3 is 2.52 bits per heavy atom. The molecule has 0 amide bonds. The normalized spacial score (nSPS) is 16.0. The van der Waals surface area contributed by atoms with Crippen molar-refractivity contribution in [3.05, 3.63) is 54.6 Å². The van der Waals surface area contributed by atoms with Crippen LogP contribution in [0.2, 0.25) is 0 Å². The third-order valence-electron chi connectivity index (χ3n) is 5.25. The first kappa shape index (κ1) is 15.9. The Hall–Kier alpha value is -2.59. The molecule has 4 rings (SSSR count). The largest absolute Gasteiger partial charge is 0.368 e. The number of para-hydroxylation sites is 1. The Bertz CT molecular complexity index is 905. The Balaban J connectivity index is 1.53. The molecule has 1 saturated heterocycles. The van der Waals surface area contributed by atoms with Gasteiger partial charge < -0.3 is 20.0 Å². The first-order valence-electron chi connectivity index (χ1n) is 8.72. The van der Waals surface area contributed by atoms with Crippen molar-refractivity contribution in [2.24, 2.45) is 12.8 Å². The molecule has 1 fully saturated rings. The van der Waals surface area contributed by atoms with Gasteiger partial charge in [0, 0.05) is 48.8 Å². The van der Waals surface area contributed by atoms with Crippen LogP contribution in [-0.2, 0) is 11.8 Å². The number of hydrogen-bond donors (Lipinski definition) is 1. The second-order valence-electron chi connectivity index (χ2n) is 7.12. The highest BCUT2D eigenvalue weighted by molar-refractivity contribution is 5.87. The Labute approximate surface area is 147 Å². The number of rotatable bonds is 5. The van der Waals surface area contributed by atoms with E-state index in [-0.39, 0.29) is 5.54 Å². The van der Waals surface area contributed by atoms with Crippen molar-refractivity contribution < 1.29 is 4.79 Å². The first-order chi connectivity index (χ1) is 12.1. The number of anilines is 1. The van der Waals surface area contributed by atoms with Crippen LogP contribution < -0.4 is 10.6 Å². The van der Waals surface area contributed by atoms with Crippen LogP contribution in [0.25, 0.3) is 22.2 Å². The van der Waals surface area contributed by atoms with Crippen molar-refractivity contribution in [1.82, 2.24) is 4.57 Å². The fraction of sp³-hybridized carbons (Fsp3) is 0.286. The summed E-state index contributed by atoms with van der Waals surface area (Å²) in [5, 5.41) is 1.26. The van der Waals surface area contributed by atoms with Gasteiger partial charge in [0.15, 0.2) is 0 Å². The second-order valence-corrected chi connectivity index (χ2v) is 7.12. The fourth-order valence-electron chi connectivity index (χ4n) is 3.81. The van der Waals surface area contributed by atoms with E-state index in [9.17, 15) is 4.79 Å². The van der Waals surface area contributed by atoms with Crippen molar-refractivity contribution in [2.75, 3.05) is 18.0 Å². The number of benzene rings is 2. The van der Waals surface area contributed by atoms with Crippen molar-refractivity contribution in [3.8, 4) is 11.3 Å². The van der Waals surface area contributed by atoms with E-state index in [1.54, 1.807) is 0 Å². The van der Waals surface area contributed by atoms with E-state index < -0.39 is 0 Å². The highest BCUT2D eigenvalue weighted by atomic mass is 16.1. The molecule has 25 heavy (non-hydrogen) atoms. The minimum absolute atomic E-state index is 0.213. The number of carbonyl (C=O) groups excluding carboxylic acids is 1. The van der Waals surface area contributed by atoms with Gasteiger partial charge in [0.25, 0.3) is 0 Å². The third-order valence-corrected chi connectivity index (χ3v) is 5.25. The lowest BCUT2D eigenvalue weighted by Crippen LogP contribution is -2.67. The Morgan fingerprint density at radius 1 is 1.12 bits per heavy atom. The molecule has 2 N–H and O–H groups in total. The summed E-state index contributed by atoms with van der Waals surface area (Å²) in [5.41, 5.74) is 10.9. The summed E-state index contributed by atoms with van der Waals surface area (Å²) in [5.74, 6) is 0. The third kappa shape index (κ3) is 2.83. The van der Waals surface area contributed by atoms with Gasteiger partial charge in [-0.15, -0.1) is 0 Å². The van der Waals surface area contributed by atoms with Crippen LogP contribution >= 0.6 is 0 Å². The first-order valence-corrected chi connectivity index (χ1v) is 8.72. The van der Waals surface area contributed by atoms with E-state index in [0.29, 0.717) is 6.42 Å². The summed E-state index contributed by atoms with van der Waals surface area (Å²) >= 11 is 0. The van der Waals surface area contributed by atoms with Gasteiger partial charge in [-0.25, -0.2) is 0 Å². The van der Waals surface area contributed by atoms with Gasteiger partial charge >= 0.3 is 0 Å². The smallest absolute Gasteiger partial charge is 0.120 e. The molecule has 128 valence electrons. The van der Waals surface area contributed by atoms with Crippen LogP contribution in [-0.4, -0.2) is 29.5 Å². The van der Waals surface area contributed by atoms with Crippen molar-refractivity contribution in [3.63, 3.8) is 0 Å². The van der Waals surface area contributed by atoms with E-state index in [0.717, 1.165) is 25.8 Å². The molecule has 0 bridgehead atoms. The van der Waals surface area contributed by atoms with Crippen molar-refractivity contribution in [2.45, 2.75) is 18.4 Å². The van der Waals surface area contributed by atoms with Crippen molar-refractivity contribution in [1.29, 1.82) is 0 Å². The highest BCUT2D eigenvalue weighted by Crippen LogP contribution is 2.32. The second kappa shape index (κ2) is 6.05. The zero-order chi connectivity index (χ0) is 17.4. The zero-order valence-corrected chi connectivity index (χ0v) is 14.5. The van der Waals surface area contributed by atoms with Gasteiger partial charge in [-0.05, 0) is 36.2 Å². The highest BCUT2D eigenvalue weighted by Gasteiger charge is 2.38. The van der Waals surface area contributed by atoms with Crippen LogP contribution in [0, 0.1) is 0 Å².